The van der Waals surface area contributed by atoms with Crippen LogP contribution in [0.2, 0.25) is 0 Å². The van der Waals surface area contributed by atoms with E-state index in [0.29, 0.717) is 0 Å². The minimum atomic E-state index is -0.210. The van der Waals surface area contributed by atoms with Crippen LogP contribution in [0.15, 0.2) is 36.8 Å². The fraction of sp³-hybridized carbons (Fsp3) is 0.250. The van der Waals surface area contributed by atoms with Crippen molar-refractivity contribution < 1.29 is 0 Å². The molecule has 7 heteroatoms. The molecule has 96 valence electrons. The Labute approximate surface area is 111 Å². The molecule has 0 saturated heterocycles. The van der Waals surface area contributed by atoms with E-state index < -0.39 is 0 Å². The van der Waals surface area contributed by atoms with Crippen molar-refractivity contribution in [2.75, 3.05) is 0 Å². The van der Waals surface area contributed by atoms with Crippen LogP contribution in [0, 0.1) is 20.8 Å². The van der Waals surface area contributed by atoms with Gasteiger partial charge in [0, 0.05) is 30.0 Å². The van der Waals surface area contributed by atoms with Gasteiger partial charge >= 0.3 is 7.12 Å². The molecule has 3 aromatic rings. The van der Waals surface area contributed by atoms with E-state index in [2.05, 4.69) is 15.3 Å². The zero-order valence-corrected chi connectivity index (χ0v) is 11.2. The highest BCUT2D eigenvalue weighted by Crippen LogP contribution is 2.06. The Hall–Kier alpha value is -2.31. The lowest BCUT2D eigenvalue weighted by Gasteiger charge is -2.16. The van der Waals surface area contributed by atoms with Gasteiger partial charge in [0.25, 0.3) is 0 Å². The van der Waals surface area contributed by atoms with E-state index >= 15 is 0 Å². The average Bonchev–Trinajstić information content (AvgIpc) is 3.06. The summed E-state index contributed by atoms with van der Waals surface area (Å²) in [4.78, 5) is 0. The van der Waals surface area contributed by atoms with Gasteiger partial charge in [-0.15, -0.1) is 0 Å². The van der Waals surface area contributed by atoms with Crippen LogP contribution in [0.1, 0.15) is 17.1 Å². The predicted molar refractivity (Wildman–Crippen MR) is 72.8 cm³/mol. The maximum Gasteiger partial charge on any atom is 0.569 e. The van der Waals surface area contributed by atoms with Gasteiger partial charge in [-0.2, -0.15) is 15.3 Å². The van der Waals surface area contributed by atoms with E-state index in [1.807, 2.05) is 58.9 Å². The molecule has 0 aliphatic rings. The molecule has 0 bridgehead atoms. The van der Waals surface area contributed by atoms with Crippen LogP contribution >= 0.6 is 0 Å². The van der Waals surface area contributed by atoms with Crippen molar-refractivity contribution >= 4 is 7.12 Å². The van der Waals surface area contributed by atoms with Gasteiger partial charge in [0.2, 0.25) is 0 Å². The molecular formula is C12H15BN6. The SMILES string of the molecule is Cc1ccn(B(n2nccc2C)n2nccc2C)n1. The van der Waals surface area contributed by atoms with Crippen molar-refractivity contribution in [3.05, 3.63) is 53.9 Å². The summed E-state index contributed by atoms with van der Waals surface area (Å²) in [5, 5.41) is 13.3. The number of hydrogen-bond acceptors (Lipinski definition) is 3. The van der Waals surface area contributed by atoms with Gasteiger partial charge in [-0.3, -0.25) is 13.8 Å². The highest BCUT2D eigenvalue weighted by atomic mass is 15.4. The first-order chi connectivity index (χ1) is 9.16. The molecule has 0 atom stereocenters. The number of nitrogens with zero attached hydrogens (tertiary/aromatic N) is 6. The van der Waals surface area contributed by atoms with Gasteiger partial charge in [-0.25, -0.2) is 0 Å². The molecule has 0 aromatic carbocycles. The van der Waals surface area contributed by atoms with E-state index in [9.17, 15) is 0 Å². The van der Waals surface area contributed by atoms with E-state index in [1.165, 1.54) is 0 Å². The Kier molecular flexibility index (Phi) is 2.74. The molecule has 0 N–H and O–H groups in total. The molecule has 0 fully saturated rings. The molecule has 0 aliphatic heterocycles. The molecular weight excluding hydrogens is 239 g/mol. The summed E-state index contributed by atoms with van der Waals surface area (Å²) in [6, 6.07) is 5.93. The highest BCUT2D eigenvalue weighted by Gasteiger charge is 2.29. The Bertz CT molecular complexity index is 654. The van der Waals surface area contributed by atoms with Crippen LogP contribution in [0.25, 0.3) is 0 Å². The summed E-state index contributed by atoms with van der Waals surface area (Å²) in [5.41, 5.74) is 3.10. The fourth-order valence-electron chi connectivity index (χ4n) is 2.13. The van der Waals surface area contributed by atoms with Gasteiger partial charge in [0.1, 0.15) is 0 Å². The standard InChI is InChI=1S/C12H15BN6/c1-10-6-9-17(16-10)13(18-11(2)4-7-14-18)19-12(3)5-8-15-19/h4-9H,1-3H3. The molecule has 0 saturated carbocycles. The minimum Gasteiger partial charge on any atom is -0.268 e. The van der Waals surface area contributed by atoms with E-state index in [4.69, 9.17) is 0 Å². The van der Waals surface area contributed by atoms with Crippen LogP contribution in [-0.4, -0.2) is 36.2 Å². The summed E-state index contributed by atoms with van der Waals surface area (Å²) >= 11 is 0. The summed E-state index contributed by atoms with van der Waals surface area (Å²) in [6.45, 7) is 6.02. The van der Waals surface area contributed by atoms with Gasteiger partial charge in [-0.1, -0.05) is 0 Å². The molecule has 3 heterocycles. The second-order valence-electron chi connectivity index (χ2n) is 4.62. The normalized spacial score (nSPS) is 10.9. The largest absolute Gasteiger partial charge is 0.569 e. The molecule has 0 spiro atoms. The van der Waals surface area contributed by atoms with Crippen molar-refractivity contribution in [3.8, 4) is 0 Å². The first-order valence-corrected chi connectivity index (χ1v) is 6.19. The Morgan fingerprint density at radius 2 is 1.47 bits per heavy atom. The zero-order chi connectivity index (χ0) is 13.4. The van der Waals surface area contributed by atoms with Gasteiger partial charge in [0.15, 0.2) is 0 Å². The lowest BCUT2D eigenvalue weighted by atomic mass is 9.94. The van der Waals surface area contributed by atoms with Gasteiger partial charge in [0.05, 0.1) is 5.69 Å². The monoisotopic (exact) mass is 254 g/mol. The Balaban J connectivity index is 2.17. The maximum atomic E-state index is 4.50. The van der Waals surface area contributed by atoms with Crippen molar-refractivity contribution in [3.63, 3.8) is 0 Å². The third kappa shape index (κ3) is 1.97. The van der Waals surface area contributed by atoms with Crippen LogP contribution in [-0.2, 0) is 0 Å². The first kappa shape index (κ1) is 11.8. The molecule has 3 aromatic heterocycles. The topological polar surface area (TPSA) is 53.5 Å². The quantitative estimate of drug-likeness (QED) is 0.658. The van der Waals surface area contributed by atoms with E-state index in [1.54, 1.807) is 12.4 Å². The molecule has 0 unspecified atom stereocenters. The average molecular weight is 254 g/mol. The van der Waals surface area contributed by atoms with Crippen LogP contribution in [0.4, 0.5) is 0 Å². The van der Waals surface area contributed by atoms with Crippen molar-refractivity contribution in [1.82, 2.24) is 29.1 Å². The Morgan fingerprint density at radius 1 is 0.895 bits per heavy atom. The minimum absolute atomic E-state index is 0.210. The molecule has 0 aliphatic carbocycles. The van der Waals surface area contributed by atoms with E-state index in [0.717, 1.165) is 17.1 Å². The fourth-order valence-corrected chi connectivity index (χ4v) is 2.13. The molecule has 0 radical (unpaired) electrons. The number of rotatable bonds is 3. The first-order valence-electron chi connectivity index (χ1n) is 6.19. The van der Waals surface area contributed by atoms with E-state index in [-0.39, 0.29) is 7.12 Å². The lowest BCUT2D eigenvalue weighted by Crippen LogP contribution is -2.44. The third-order valence-electron chi connectivity index (χ3n) is 3.15. The Morgan fingerprint density at radius 3 is 1.84 bits per heavy atom. The summed E-state index contributed by atoms with van der Waals surface area (Å²) in [7, 11) is -0.210. The zero-order valence-electron chi connectivity index (χ0n) is 11.2. The summed E-state index contributed by atoms with van der Waals surface area (Å²) in [6.07, 6.45) is 5.53. The molecule has 19 heavy (non-hydrogen) atoms. The number of aromatic nitrogens is 6. The summed E-state index contributed by atoms with van der Waals surface area (Å²) in [5.74, 6) is 0. The van der Waals surface area contributed by atoms with Gasteiger partial charge < -0.3 is 0 Å². The van der Waals surface area contributed by atoms with Crippen LogP contribution in [0.5, 0.6) is 0 Å². The molecule has 6 nitrogen and oxygen atoms in total. The highest BCUT2D eigenvalue weighted by molar-refractivity contribution is 6.53. The van der Waals surface area contributed by atoms with Crippen molar-refractivity contribution in [2.45, 2.75) is 20.8 Å². The maximum absolute atomic E-state index is 4.50. The van der Waals surface area contributed by atoms with Crippen LogP contribution in [0.3, 0.4) is 0 Å². The van der Waals surface area contributed by atoms with Crippen LogP contribution < -0.4 is 0 Å². The predicted octanol–water partition coefficient (Wildman–Crippen LogP) is 1.13. The lowest BCUT2D eigenvalue weighted by molar-refractivity contribution is 0.746. The smallest absolute Gasteiger partial charge is 0.268 e. The number of hydrogen-bond donors (Lipinski definition) is 0. The second-order valence-corrected chi connectivity index (χ2v) is 4.62. The number of aryl methyl sites for hydroxylation is 3. The third-order valence-corrected chi connectivity index (χ3v) is 3.15. The van der Waals surface area contributed by atoms with Crippen molar-refractivity contribution in [2.24, 2.45) is 0 Å². The molecule has 3 rings (SSSR count). The molecule has 0 amide bonds. The van der Waals surface area contributed by atoms with Gasteiger partial charge in [-0.05, 0) is 39.0 Å². The second kappa shape index (κ2) is 4.42. The van der Waals surface area contributed by atoms with Crippen molar-refractivity contribution in [1.29, 1.82) is 0 Å². The summed E-state index contributed by atoms with van der Waals surface area (Å²) < 4.78 is 5.69.